The molecule has 0 saturated carbocycles. The fourth-order valence-electron chi connectivity index (χ4n) is 3.40. The van der Waals surface area contributed by atoms with E-state index >= 15 is 0 Å². The Kier molecular flexibility index (Phi) is 20.2. The first-order valence-electron chi connectivity index (χ1n) is 11.9. The van der Waals surface area contributed by atoms with Crippen LogP contribution in [0.15, 0.2) is 12.2 Å². The molecule has 0 spiro atoms. The smallest absolute Gasteiger partial charge is 0.222 e. The van der Waals surface area contributed by atoms with Crippen LogP contribution < -0.4 is 0 Å². The topological polar surface area (TPSA) is 60.8 Å². The van der Waals surface area contributed by atoms with Gasteiger partial charge in [0.15, 0.2) is 0 Å². The maximum atomic E-state index is 11.9. The third-order valence-electron chi connectivity index (χ3n) is 5.24. The molecule has 1 amide bonds. The van der Waals surface area contributed by atoms with E-state index in [0.717, 1.165) is 12.8 Å². The first-order chi connectivity index (χ1) is 13.7. The third-order valence-corrected chi connectivity index (χ3v) is 5.24. The van der Waals surface area contributed by atoms with E-state index in [4.69, 9.17) is 5.11 Å². The van der Waals surface area contributed by atoms with Crippen molar-refractivity contribution in [3.8, 4) is 0 Å². The standard InChI is InChI=1S/C24H47NO3/c1-3-5-6-7-8-9-10-11-12-13-14-15-16-17-18-19-20-25(24(28)4-2)21-23(27)22-26/h11-12,23,26-27H,3-10,13-22H2,1-2H3/b12-11-. The van der Waals surface area contributed by atoms with Crippen LogP contribution in [0, 0.1) is 0 Å². The fourth-order valence-corrected chi connectivity index (χ4v) is 3.40. The van der Waals surface area contributed by atoms with Gasteiger partial charge in [-0.25, -0.2) is 0 Å². The van der Waals surface area contributed by atoms with E-state index in [2.05, 4.69) is 19.1 Å². The lowest BCUT2D eigenvalue weighted by Gasteiger charge is -2.24. The average molecular weight is 398 g/mol. The van der Waals surface area contributed by atoms with Gasteiger partial charge in [-0.1, -0.05) is 83.8 Å². The molecule has 2 N–H and O–H groups in total. The van der Waals surface area contributed by atoms with E-state index in [1.54, 1.807) is 4.90 Å². The highest BCUT2D eigenvalue weighted by Gasteiger charge is 2.15. The SMILES string of the molecule is CCCCCCCC/C=C\CCCCCCCCN(CC(O)CO)C(=O)CC. The van der Waals surface area contributed by atoms with Crippen molar-refractivity contribution in [2.75, 3.05) is 19.7 Å². The molecule has 28 heavy (non-hydrogen) atoms. The minimum absolute atomic E-state index is 0.0558. The minimum Gasteiger partial charge on any atom is -0.394 e. The molecule has 0 bridgehead atoms. The van der Waals surface area contributed by atoms with Crippen molar-refractivity contribution in [3.05, 3.63) is 12.2 Å². The predicted octanol–water partition coefficient (Wildman–Crippen LogP) is 5.62. The van der Waals surface area contributed by atoms with Crippen molar-refractivity contribution in [2.24, 2.45) is 0 Å². The number of unbranched alkanes of at least 4 members (excludes halogenated alkanes) is 12. The summed E-state index contributed by atoms with van der Waals surface area (Å²) in [5.41, 5.74) is 0. The second-order valence-corrected chi connectivity index (χ2v) is 7.97. The van der Waals surface area contributed by atoms with Gasteiger partial charge in [-0.2, -0.15) is 0 Å². The number of amides is 1. The molecule has 0 aliphatic heterocycles. The summed E-state index contributed by atoms with van der Waals surface area (Å²) in [6, 6.07) is 0. The Morgan fingerprint density at radius 2 is 1.32 bits per heavy atom. The van der Waals surface area contributed by atoms with Crippen LogP contribution in [0.3, 0.4) is 0 Å². The number of allylic oxidation sites excluding steroid dienone is 2. The number of aliphatic hydroxyl groups excluding tert-OH is 2. The summed E-state index contributed by atoms with van der Waals surface area (Å²) in [5.74, 6) is 0.0558. The van der Waals surface area contributed by atoms with E-state index in [1.165, 1.54) is 77.0 Å². The van der Waals surface area contributed by atoms with Crippen LogP contribution in [0.1, 0.15) is 110 Å². The van der Waals surface area contributed by atoms with Crippen LogP contribution >= 0.6 is 0 Å². The third kappa shape index (κ3) is 17.2. The van der Waals surface area contributed by atoms with Gasteiger partial charge >= 0.3 is 0 Å². The van der Waals surface area contributed by atoms with Crippen LogP contribution in [0.4, 0.5) is 0 Å². The first-order valence-corrected chi connectivity index (χ1v) is 11.9. The van der Waals surface area contributed by atoms with Crippen molar-refractivity contribution in [2.45, 2.75) is 116 Å². The molecule has 0 aromatic carbocycles. The number of hydrogen-bond acceptors (Lipinski definition) is 3. The lowest BCUT2D eigenvalue weighted by molar-refractivity contribution is -0.132. The maximum Gasteiger partial charge on any atom is 0.222 e. The van der Waals surface area contributed by atoms with E-state index in [-0.39, 0.29) is 19.1 Å². The lowest BCUT2D eigenvalue weighted by Crippen LogP contribution is -2.39. The Labute approximate surface area is 174 Å². The minimum atomic E-state index is -0.829. The van der Waals surface area contributed by atoms with Crippen LogP contribution in [-0.4, -0.2) is 46.8 Å². The van der Waals surface area contributed by atoms with Gasteiger partial charge in [0.2, 0.25) is 5.91 Å². The van der Waals surface area contributed by atoms with Gasteiger partial charge in [-0.05, 0) is 32.1 Å². The van der Waals surface area contributed by atoms with Crippen LogP contribution in [0.5, 0.6) is 0 Å². The fraction of sp³-hybridized carbons (Fsp3) is 0.875. The quantitative estimate of drug-likeness (QED) is 0.207. The molecule has 0 aliphatic rings. The molecular weight excluding hydrogens is 350 g/mol. The lowest BCUT2D eigenvalue weighted by atomic mass is 10.1. The van der Waals surface area contributed by atoms with Crippen molar-refractivity contribution < 1.29 is 15.0 Å². The van der Waals surface area contributed by atoms with Gasteiger partial charge < -0.3 is 15.1 Å². The first kappa shape index (κ1) is 27.1. The molecule has 0 fully saturated rings. The Balaban J connectivity index is 3.50. The second kappa shape index (κ2) is 20.9. The average Bonchev–Trinajstić information content (AvgIpc) is 2.71. The normalized spacial score (nSPS) is 12.6. The molecule has 0 aromatic heterocycles. The van der Waals surface area contributed by atoms with Gasteiger partial charge in [0, 0.05) is 19.5 Å². The molecule has 0 aromatic rings. The molecule has 4 heteroatoms. The van der Waals surface area contributed by atoms with Crippen LogP contribution in [0.2, 0.25) is 0 Å². The zero-order chi connectivity index (χ0) is 20.9. The zero-order valence-electron chi connectivity index (χ0n) is 18.7. The van der Waals surface area contributed by atoms with Crippen molar-refractivity contribution in [1.29, 1.82) is 0 Å². The number of carbonyl (C=O) groups is 1. The number of aliphatic hydroxyl groups is 2. The molecule has 1 unspecified atom stereocenters. The number of rotatable bonds is 20. The van der Waals surface area contributed by atoms with Crippen LogP contribution in [-0.2, 0) is 4.79 Å². The second-order valence-electron chi connectivity index (χ2n) is 7.97. The molecule has 166 valence electrons. The van der Waals surface area contributed by atoms with Crippen LogP contribution in [0.25, 0.3) is 0 Å². The highest BCUT2D eigenvalue weighted by atomic mass is 16.3. The number of hydrogen-bond donors (Lipinski definition) is 2. The molecule has 4 nitrogen and oxygen atoms in total. The van der Waals surface area contributed by atoms with E-state index < -0.39 is 6.10 Å². The van der Waals surface area contributed by atoms with E-state index in [9.17, 15) is 9.90 Å². The van der Waals surface area contributed by atoms with E-state index in [0.29, 0.717) is 13.0 Å². The highest BCUT2D eigenvalue weighted by molar-refractivity contribution is 5.75. The molecule has 1 atom stereocenters. The van der Waals surface area contributed by atoms with Gasteiger partial charge in [0.1, 0.15) is 0 Å². The summed E-state index contributed by atoms with van der Waals surface area (Å²) >= 11 is 0. The summed E-state index contributed by atoms with van der Waals surface area (Å²) in [6.45, 7) is 4.74. The summed E-state index contributed by atoms with van der Waals surface area (Å²) in [5, 5.41) is 18.5. The molecule has 0 aliphatic carbocycles. The monoisotopic (exact) mass is 397 g/mol. The largest absolute Gasteiger partial charge is 0.394 e. The Morgan fingerprint density at radius 3 is 1.82 bits per heavy atom. The number of nitrogens with zero attached hydrogens (tertiary/aromatic N) is 1. The van der Waals surface area contributed by atoms with Gasteiger partial charge in [-0.15, -0.1) is 0 Å². The van der Waals surface area contributed by atoms with Gasteiger partial charge in [0.05, 0.1) is 12.7 Å². The van der Waals surface area contributed by atoms with Crippen molar-refractivity contribution in [1.82, 2.24) is 4.90 Å². The molecular formula is C24H47NO3. The molecule has 0 radical (unpaired) electrons. The number of carbonyl (C=O) groups excluding carboxylic acids is 1. The van der Waals surface area contributed by atoms with Gasteiger partial charge in [-0.3, -0.25) is 4.79 Å². The highest BCUT2D eigenvalue weighted by Crippen LogP contribution is 2.10. The van der Waals surface area contributed by atoms with Crippen molar-refractivity contribution in [3.63, 3.8) is 0 Å². The predicted molar refractivity (Wildman–Crippen MR) is 119 cm³/mol. The summed E-state index contributed by atoms with van der Waals surface area (Å²) in [7, 11) is 0. The Morgan fingerprint density at radius 1 is 0.821 bits per heavy atom. The Bertz CT molecular complexity index is 371. The van der Waals surface area contributed by atoms with Gasteiger partial charge in [0.25, 0.3) is 0 Å². The van der Waals surface area contributed by atoms with Crippen molar-refractivity contribution >= 4 is 5.91 Å². The molecule has 0 saturated heterocycles. The zero-order valence-corrected chi connectivity index (χ0v) is 18.7. The van der Waals surface area contributed by atoms with E-state index in [1.807, 2.05) is 6.92 Å². The maximum absolute atomic E-state index is 11.9. The summed E-state index contributed by atoms with van der Waals surface area (Å²) in [4.78, 5) is 13.6. The Hall–Kier alpha value is -0.870. The molecule has 0 rings (SSSR count). The summed E-state index contributed by atoms with van der Waals surface area (Å²) < 4.78 is 0. The summed E-state index contributed by atoms with van der Waals surface area (Å²) in [6.07, 6.45) is 22.1. The molecule has 0 heterocycles.